The molecule has 26 heavy (non-hydrogen) atoms. The van der Waals surface area contributed by atoms with E-state index in [2.05, 4.69) is 22.7 Å². The van der Waals surface area contributed by atoms with Crippen molar-refractivity contribution in [2.75, 3.05) is 0 Å². The van der Waals surface area contributed by atoms with Gasteiger partial charge in [0.2, 0.25) is 0 Å². The summed E-state index contributed by atoms with van der Waals surface area (Å²) in [4.78, 5) is 12.1. The van der Waals surface area contributed by atoms with Crippen LogP contribution >= 0.6 is 11.6 Å². The minimum atomic E-state index is -0.231. The molecule has 2 aromatic carbocycles. The quantitative estimate of drug-likeness (QED) is 0.443. The predicted molar refractivity (Wildman–Crippen MR) is 105 cm³/mol. The zero-order valence-corrected chi connectivity index (χ0v) is 15.2. The monoisotopic (exact) mass is 368 g/mol. The van der Waals surface area contributed by atoms with E-state index in [4.69, 9.17) is 16.3 Å². The molecule has 0 heterocycles. The van der Waals surface area contributed by atoms with Gasteiger partial charge in [-0.1, -0.05) is 42.0 Å². The van der Waals surface area contributed by atoms with Gasteiger partial charge in [-0.15, -0.1) is 0 Å². The topological polar surface area (TPSA) is 50.7 Å². The summed E-state index contributed by atoms with van der Waals surface area (Å²) < 4.78 is 5.72. The zero-order valence-electron chi connectivity index (χ0n) is 14.4. The van der Waals surface area contributed by atoms with E-state index in [0.717, 1.165) is 24.8 Å². The van der Waals surface area contributed by atoms with Gasteiger partial charge in [0.05, 0.1) is 0 Å². The van der Waals surface area contributed by atoms with Crippen LogP contribution in [-0.4, -0.2) is 12.1 Å². The Morgan fingerprint density at radius 1 is 1.19 bits per heavy atom. The SMILES string of the molecule is O=C(N/N=C/C1CC=CCC1)c1ccc(OCc2ccccc2Cl)cc1. The Morgan fingerprint density at radius 2 is 2.00 bits per heavy atom. The Morgan fingerprint density at radius 3 is 2.73 bits per heavy atom. The number of hydrazone groups is 1. The molecule has 2 aromatic rings. The Bertz CT molecular complexity index is 800. The highest BCUT2D eigenvalue weighted by Crippen LogP contribution is 2.19. The maximum atomic E-state index is 12.1. The van der Waals surface area contributed by atoms with E-state index in [1.807, 2.05) is 30.5 Å². The lowest BCUT2D eigenvalue weighted by Gasteiger charge is -2.11. The Kier molecular flexibility index (Phi) is 6.45. The molecule has 0 radical (unpaired) electrons. The molecule has 1 amide bonds. The van der Waals surface area contributed by atoms with Crippen LogP contribution in [0.5, 0.6) is 5.75 Å². The molecule has 4 nitrogen and oxygen atoms in total. The third-order valence-corrected chi connectivity index (χ3v) is 4.60. The second-order valence-corrected chi connectivity index (χ2v) is 6.58. The first-order chi connectivity index (χ1) is 12.7. The minimum absolute atomic E-state index is 0.231. The number of ether oxygens (including phenoxy) is 1. The Hall–Kier alpha value is -2.59. The standard InChI is InChI=1S/C21H21ClN2O2/c22-20-9-5-4-8-18(20)15-26-19-12-10-17(11-13-19)21(25)24-23-14-16-6-2-1-3-7-16/h1-2,4-5,8-14,16H,3,6-7,15H2,(H,24,25)/b23-14+. The van der Waals surface area contributed by atoms with Crippen molar-refractivity contribution in [2.24, 2.45) is 11.0 Å². The summed E-state index contributed by atoms with van der Waals surface area (Å²) in [6, 6.07) is 14.5. The average molecular weight is 369 g/mol. The van der Waals surface area contributed by atoms with Gasteiger partial charge in [0, 0.05) is 22.4 Å². The average Bonchev–Trinajstić information content (AvgIpc) is 2.68. The van der Waals surface area contributed by atoms with Gasteiger partial charge in [-0.05, 0) is 55.5 Å². The van der Waals surface area contributed by atoms with Crippen LogP contribution in [0, 0.1) is 5.92 Å². The van der Waals surface area contributed by atoms with E-state index < -0.39 is 0 Å². The van der Waals surface area contributed by atoms with Crippen molar-refractivity contribution in [2.45, 2.75) is 25.9 Å². The van der Waals surface area contributed by atoms with Crippen LogP contribution in [0.2, 0.25) is 5.02 Å². The van der Waals surface area contributed by atoms with Crippen molar-refractivity contribution in [3.05, 3.63) is 76.8 Å². The van der Waals surface area contributed by atoms with Crippen molar-refractivity contribution in [1.82, 2.24) is 5.43 Å². The second kappa shape index (κ2) is 9.20. The van der Waals surface area contributed by atoms with Crippen LogP contribution in [-0.2, 0) is 6.61 Å². The highest BCUT2D eigenvalue weighted by molar-refractivity contribution is 6.31. The summed E-state index contributed by atoms with van der Waals surface area (Å²) in [5, 5.41) is 4.75. The third kappa shape index (κ3) is 5.20. The smallest absolute Gasteiger partial charge is 0.271 e. The Labute approximate surface area is 158 Å². The lowest BCUT2D eigenvalue weighted by molar-refractivity contribution is 0.0955. The van der Waals surface area contributed by atoms with Crippen LogP contribution in [0.4, 0.5) is 0 Å². The number of hydrogen-bond acceptors (Lipinski definition) is 3. The van der Waals surface area contributed by atoms with Crippen LogP contribution in [0.25, 0.3) is 0 Å². The highest BCUT2D eigenvalue weighted by atomic mass is 35.5. The Balaban J connectivity index is 1.50. The molecule has 5 heteroatoms. The molecule has 1 N–H and O–H groups in total. The molecule has 3 rings (SSSR count). The molecule has 0 spiro atoms. The summed E-state index contributed by atoms with van der Waals surface area (Å²) in [5.41, 5.74) is 4.04. The maximum Gasteiger partial charge on any atom is 0.271 e. The maximum absolute atomic E-state index is 12.1. The largest absolute Gasteiger partial charge is 0.489 e. The molecule has 1 aliphatic carbocycles. The first-order valence-electron chi connectivity index (χ1n) is 8.67. The van der Waals surface area contributed by atoms with Crippen molar-refractivity contribution in [3.8, 4) is 5.75 Å². The van der Waals surface area contributed by atoms with Crippen LogP contribution < -0.4 is 10.2 Å². The molecule has 0 saturated heterocycles. The van der Waals surface area contributed by atoms with E-state index in [1.54, 1.807) is 24.3 Å². The normalized spacial score (nSPS) is 16.6. The third-order valence-electron chi connectivity index (χ3n) is 4.23. The van der Waals surface area contributed by atoms with Gasteiger partial charge in [-0.3, -0.25) is 4.79 Å². The van der Waals surface area contributed by atoms with Gasteiger partial charge in [0.15, 0.2) is 0 Å². The number of nitrogens with zero attached hydrogens (tertiary/aromatic N) is 1. The zero-order chi connectivity index (χ0) is 18.2. The van der Waals surface area contributed by atoms with E-state index in [1.165, 1.54) is 0 Å². The van der Waals surface area contributed by atoms with Crippen LogP contribution in [0.1, 0.15) is 35.2 Å². The number of carbonyl (C=O) groups excluding carboxylic acids is 1. The van der Waals surface area contributed by atoms with Gasteiger partial charge >= 0.3 is 0 Å². The number of benzene rings is 2. The molecule has 0 aromatic heterocycles. The lowest BCUT2D eigenvalue weighted by atomic mass is 9.96. The number of halogens is 1. The van der Waals surface area contributed by atoms with E-state index in [9.17, 15) is 4.79 Å². The highest BCUT2D eigenvalue weighted by Gasteiger charge is 2.08. The van der Waals surface area contributed by atoms with Gasteiger partial charge in [-0.25, -0.2) is 5.43 Å². The van der Waals surface area contributed by atoms with Crippen molar-refractivity contribution in [3.63, 3.8) is 0 Å². The lowest BCUT2D eigenvalue weighted by Crippen LogP contribution is -2.18. The molecule has 0 saturated carbocycles. The molecular weight excluding hydrogens is 348 g/mol. The first-order valence-corrected chi connectivity index (χ1v) is 9.05. The van der Waals surface area contributed by atoms with Crippen LogP contribution in [0.15, 0.2) is 65.8 Å². The molecular formula is C21H21ClN2O2. The molecule has 0 aliphatic heterocycles. The number of allylic oxidation sites excluding steroid dienone is 2. The van der Waals surface area contributed by atoms with E-state index in [0.29, 0.717) is 28.9 Å². The van der Waals surface area contributed by atoms with Crippen LogP contribution in [0.3, 0.4) is 0 Å². The number of amides is 1. The fourth-order valence-electron chi connectivity index (χ4n) is 2.70. The number of nitrogens with one attached hydrogen (secondary N) is 1. The molecule has 0 fully saturated rings. The van der Waals surface area contributed by atoms with Crippen molar-refractivity contribution in [1.29, 1.82) is 0 Å². The predicted octanol–water partition coefficient (Wildman–Crippen LogP) is 4.99. The van der Waals surface area contributed by atoms with Gasteiger partial charge in [-0.2, -0.15) is 5.10 Å². The molecule has 134 valence electrons. The number of rotatable bonds is 6. The molecule has 0 bridgehead atoms. The van der Waals surface area contributed by atoms with Crippen molar-refractivity contribution >= 4 is 23.7 Å². The summed E-state index contributed by atoms with van der Waals surface area (Å²) in [5.74, 6) is 0.852. The molecule has 1 aliphatic rings. The van der Waals surface area contributed by atoms with E-state index in [-0.39, 0.29) is 5.91 Å². The van der Waals surface area contributed by atoms with Crippen molar-refractivity contribution < 1.29 is 9.53 Å². The number of carbonyl (C=O) groups is 1. The molecule has 1 unspecified atom stereocenters. The summed E-state index contributed by atoms with van der Waals surface area (Å²) >= 11 is 6.11. The van der Waals surface area contributed by atoms with E-state index >= 15 is 0 Å². The van der Waals surface area contributed by atoms with Gasteiger partial charge < -0.3 is 4.74 Å². The fraction of sp³-hybridized carbons (Fsp3) is 0.238. The van der Waals surface area contributed by atoms with Gasteiger partial charge in [0.1, 0.15) is 12.4 Å². The molecule has 1 atom stereocenters. The summed E-state index contributed by atoms with van der Waals surface area (Å²) in [6.07, 6.45) is 9.29. The summed E-state index contributed by atoms with van der Waals surface area (Å²) in [7, 11) is 0. The summed E-state index contributed by atoms with van der Waals surface area (Å²) in [6.45, 7) is 0.380. The number of hydrogen-bond donors (Lipinski definition) is 1. The fourth-order valence-corrected chi connectivity index (χ4v) is 2.89. The first kappa shape index (κ1) is 18.2. The minimum Gasteiger partial charge on any atom is -0.489 e. The second-order valence-electron chi connectivity index (χ2n) is 6.17. The van der Waals surface area contributed by atoms with Gasteiger partial charge in [0.25, 0.3) is 5.91 Å².